The average molecular weight is 287 g/mol. The molecule has 0 bridgehead atoms. The predicted octanol–water partition coefficient (Wildman–Crippen LogP) is 2.81. The quantitative estimate of drug-likeness (QED) is 0.851. The second kappa shape index (κ2) is 5.77. The van der Waals surface area contributed by atoms with Crippen molar-refractivity contribution in [3.8, 4) is 0 Å². The molecular formula is C16H18FN3O. The highest BCUT2D eigenvalue weighted by Crippen LogP contribution is 2.26. The van der Waals surface area contributed by atoms with Crippen molar-refractivity contribution in [3.05, 3.63) is 53.2 Å². The van der Waals surface area contributed by atoms with Crippen LogP contribution in [-0.4, -0.2) is 29.7 Å². The molecule has 1 aromatic heterocycles. The van der Waals surface area contributed by atoms with Crippen LogP contribution in [0.5, 0.6) is 0 Å². The number of nitrogens with zero attached hydrogens (tertiary/aromatic N) is 3. The van der Waals surface area contributed by atoms with E-state index in [1.807, 2.05) is 19.9 Å². The first-order valence-corrected chi connectivity index (χ1v) is 7.06. The van der Waals surface area contributed by atoms with Gasteiger partial charge in [0.15, 0.2) is 5.82 Å². The fourth-order valence-electron chi connectivity index (χ4n) is 2.57. The number of benzene rings is 1. The van der Waals surface area contributed by atoms with Gasteiger partial charge >= 0.3 is 0 Å². The Kier molecular flexibility index (Phi) is 3.84. The van der Waals surface area contributed by atoms with E-state index >= 15 is 0 Å². The molecule has 2 heterocycles. The molecule has 1 aliphatic heterocycles. The highest BCUT2D eigenvalue weighted by atomic mass is 19.1. The van der Waals surface area contributed by atoms with Crippen LogP contribution in [0.15, 0.2) is 30.5 Å². The normalized spacial score (nSPS) is 18.8. The maximum absolute atomic E-state index is 13.4. The van der Waals surface area contributed by atoms with Crippen molar-refractivity contribution in [2.45, 2.75) is 20.0 Å². The third kappa shape index (κ3) is 3.03. The Bertz CT molecular complexity index is 647. The average Bonchev–Trinajstić information content (AvgIpc) is 2.50. The van der Waals surface area contributed by atoms with Gasteiger partial charge in [-0.05, 0) is 31.5 Å². The number of morpholine rings is 1. The standard InChI is InChI=1S/C16H18FN3O/c1-11-9-18-12(2)16(19-11)20-6-7-21-15(10-20)13-4-3-5-14(17)8-13/h3-5,8-9,15H,6-7,10H2,1-2H3/t15-/m1/s1. The van der Waals surface area contributed by atoms with E-state index in [0.29, 0.717) is 13.2 Å². The number of aryl methyl sites for hydroxylation is 2. The maximum Gasteiger partial charge on any atom is 0.150 e. The van der Waals surface area contributed by atoms with Gasteiger partial charge in [0.25, 0.3) is 0 Å². The SMILES string of the molecule is Cc1cnc(C)c(N2CCO[C@@H](c3cccc(F)c3)C2)n1. The number of anilines is 1. The molecule has 3 rings (SSSR count). The van der Waals surface area contributed by atoms with Gasteiger partial charge in [-0.2, -0.15) is 0 Å². The van der Waals surface area contributed by atoms with Crippen LogP contribution in [0.2, 0.25) is 0 Å². The molecule has 1 aliphatic rings. The number of aromatic nitrogens is 2. The third-order valence-corrected chi connectivity index (χ3v) is 3.64. The zero-order chi connectivity index (χ0) is 14.8. The molecule has 0 spiro atoms. The first kappa shape index (κ1) is 13.9. The summed E-state index contributed by atoms with van der Waals surface area (Å²) in [5, 5.41) is 0. The van der Waals surface area contributed by atoms with E-state index in [2.05, 4.69) is 14.9 Å². The van der Waals surface area contributed by atoms with Gasteiger partial charge in [0.2, 0.25) is 0 Å². The Balaban J connectivity index is 1.84. The van der Waals surface area contributed by atoms with Gasteiger partial charge in [0.1, 0.15) is 11.9 Å². The van der Waals surface area contributed by atoms with E-state index in [1.54, 1.807) is 12.3 Å². The van der Waals surface area contributed by atoms with E-state index in [4.69, 9.17) is 4.74 Å². The van der Waals surface area contributed by atoms with Crippen LogP contribution in [0.1, 0.15) is 23.1 Å². The summed E-state index contributed by atoms with van der Waals surface area (Å²) in [6.45, 7) is 5.90. The minimum atomic E-state index is -0.236. The summed E-state index contributed by atoms with van der Waals surface area (Å²) in [5.74, 6) is 0.652. The molecule has 0 saturated carbocycles. The summed E-state index contributed by atoms with van der Waals surface area (Å²) >= 11 is 0. The summed E-state index contributed by atoms with van der Waals surface area (Å²) in [5.41, 5.74) is 2.66. The molecule has 110 valence electrons. The Morgan fingerprint density at radius 1 is 1.33 bits per heavy atom. The summed E-state index contributed by atoms with van der Waals surface area (Å²) in [6, 6.07) is 6.58. The molecule has 1 aromatic carbocycles. The van der Waals surface area contributed by atoms with Crippen LogP contribution in [-0.2, 0) is 4.74 Å². The van der Waals surface area contributed by atoms with Gasteiger partial charge < -0.3 is 9.64 Å². The molecule has 1 saturated heterocycles. The largest absolute Gasteiger partial charge is 0.370 e. The molecule has 2 aromatic rings. The molecule has 1 atom stereocenters. The fourth-order valence-corrected chi connectivity index (χ4v) is 2.57. The number of hydrogen-bond donors (Lipinski definition) is 0. The van der Waals surface area contributed by atoms with E-state index in [0.717, 1.165) is 29.3 Å². The lowest BCUT2D eigenvalue weighted by atomic mass is 10.1. The van der Waals surface area contributed by atoms with Crippen molar-refractivity contribution in [2.75, 3.05) is 24.6 Å². The van der Waals surface area contributed by atoms with E-state index < -0.39 is 0 Å². The number of hydrogen-bond acceptors (Lipinski definition) is 4. The van der Waals surface area contributed by atoms with Crippen LogP contribution < -0.4 is 4.90 Å². The predicted molar refractivity (Wildman–Crippen MR) is 78.8 cm³/mol. The number of rotatable bonds is 2. The molecular weight excluding hydrogens is 269 g/mol. The Morgan fingerprint density at radius 3 is 3.00 bits per heavy atom. The fraction of sp³-hybridized carbons (Fsp3) is 0.375. The van der Waals surface area contributed by atoms with E-state index in [9.17, 15) is 4.39 Å². The minimum absolute atomic E-state index is 0.142. The minimum Gasteiger partial charge on any atom is -0.370 e. The van der Waals surface area contributed by atoms with Crippen LogP contribution >= 0.6 is 0 Å². The zero-order valence-electron chi connectivity index (χ0n) is 12.2. The van der Waals surface area contributed by atoms with Gasteiger partial charge in [-0.15, -0.1) is 0 Å². The molecule has 4 nitrogen and oxygen atoms in total. The molecule has 1 fully saturated rings. The van der Waals surface area contributed by atoms with Crippen LogP contribution in [0.4, 0.5) is 10.2 Å². The maximum atomic E-state index is 13.4. The number of ether oxygens (including phenoxy) is 1. The second-order valence-electron chi connectivity index (χ2n) is 5.28. The van der Waals surface area contributed by atoms with Crippen LogP contribution in [0, 0.1) is 19.7 Å². The number of halogens is 1. The highest BCUT2D eigenvalue weighted by molar-refractivity contribution is 5.44. The van der Waals surface area contributed by atoms with E-state index in [1.165, 1.54) is 12.1 Å². The van der Waals surface area contributed by atoms with Crippen LogP contribution in [0.3, 0.4) is 0 Å². The van der Waals surface area contributed by atoms with Gasteiger partial charge in [-0.1, -0.05) is 12.1 Å². The molecule has 5 heteroatoms. The van der Waals surface area contributed by atoms with Gasteiger partial charge in [0, 0.05) is 19.3 Å². The third-order valence-electron chi connectivity index (χ3n) is 3.64. The van der Waals surface area contributed by atoms with Crippen molar-refractivity contribution >= 4 is 5.82 Å². The first-order valence-electron chi connectivity index (χ1n) is 7.06. The summed E-state index contributed by atoms with van der Waals surface area (Å²) in [7, 11) is 0. The van der Waals surface area contributed by atoms with Crippen molar-refractivity contribution in [3.63, 3.8) is 0 Å². The highest BCUT2D eigenvalue weighted by Gasteiger charge is 2.24. The van der Waals surface area contributed by atoms with E-state index in [-0.39, 0.29) is 11.9 Å². The molecule has 21 heavy (non-hydrogen) atoms. The van der Waals surface area contributed by atoms with Crippen molar-refractivity contribution < 1.29 is 9.13 Å². The first-order chi connectivity index (χ1) is 10.1. The Labute approximate surface area is 123 Å². The molecule has 0 unspecified atom stereocenters. The zero-order valence-corrected chi connectivity index (χ0v) is 12.2. The smallest absolute Gasteiger partial charge is 0.150 e. The van der Waals surface area contributed by atoms with Crippen molar-refractivity contribution in [1.82, 2.24) is 9.97 Å². The van der Waals surface area contributed by atoms with Crippen LogP contribution in [0.25, 0.3) is 0 Å². The lowest BCUT2D eigenvalue weighted by Crippen LogP contribution is -2.39. The van der Waals surface area contributed by atoms with Gasteiger partial charge in [-0.3, -0.25) is 4.98 Å². The summed E-state index contributed by atoms with van der Waals surface area (Å²) in [6.07, 6.45) is 1.62. The molecule has 0 radical (unpaired) electrons. The summed E-state index contributed by atoms with van der Waals surface area (Å²) in [4.78, 5) is 11.1. The van der Waals surface area contributed by atoms with Gasteiger partial charge in [0.05, 0.1) is 18.0 Å². The van der Waals surface area contributed by atoms with Gasteiger partial charge in [-0.25, -0.2) is 9.37 Å². The Morgan fingerprint density at radius 2 is 2.19 bits per heavy atom. The second-order valence-corrected chi connectivity index (χ2v) is 5.28. The van der Waals surface area contributed by atoms with Crippen molar-refractivity contribution in [2.24, 2.45) is 0 Å². The monoisotopic (exact) mass is 287 g/mol. The Hall–Kier alpha value is -2.01. The van der Waals surface area contributed by atoms with Crippen molar-refractivity contribution in [1.29, 1.82) is 0 Å². The molecule has 0 N–H and O–H groups in total. The topological polar surface area (TPSA) is 38.2 Å². The molecule has 0 amide bonds. The lowest BCUT2D eigenvalue weighted by Gasteiger charge is -2.34. The summed E-state index contributed by atoms with van der Waals surface area (Å²) < 4.78 is 19.2. The lowest BCUT2D eigenvalue weighted by molar-refractivity contribution is 0.0392. The molecule has 0 aliphatic carbocycles.